The molecule has 3 rings (SSSR count). The average Bonchev–Trinajstić information content (AvgIpc) is 2.95. The Labute approximate surface area is 256 Å². The highest BCUT2D eigenvalue weighted by molar-refractivity contribution is 7.92. The van der Waals surface area contributed by atoms with Gasteiger partial charge in [-0.2, -0.15) is 0 Å². The van der Waals surface area contributed by atoms with E-state index < -0.39 is 28.5 Å². The molecule has 0 aliphatic rings. The van der Waals surface area contributed by atoms with Crippen LogP contribution < -0.4 is 14.4 Å². The highest BCUT2D eigenvalue weighted by Crippen LogP contribution is 2.30. The van der Waals surface area contributed by atoms with Crippen LogP contribution in [0.2, 0.25) is 15.1 Å². The first-order chi connectivity index (χ1) is 19.5. The molecule has 8 nitrogen and oxygen atoms in total. The molecule has 0 aliphatic heterocycles. The summed E-state index contributed by atoms with van der Waals surface area (Å²) in [5.41, 5.74) is 0.624. The SMILES string of the molecule is CCCNC(=O)C(CC)N(Cc1c(Cl)cccc1Cl)C(=O)CN(c1cccc(Cl)c1)S(=O)(=O)c1ccc(OC)cc1. The van der Waals surface area contributed by atoms with Crippen molar-refractivity contribution in [3.8, 4) is 5.75 Å². The molecule has 3 aromatic carbocycles. The quantitative estimate of drug-likeness (QED) is 0.241. The Morgan fingerprint density at radius 3 is 2.15 bits per heavy atom. The number of halogens is 3. The average molecular weight is 641 g/mol. The van der Waals surface area contributed by atoms with Crippen LogP contribution in [0.4, 0.5) is 5.69 Å². The summed E-state index contributed by atoms with van der Waals surface area (Å²) in [6, 6.07) is 16.0. The van der Waals surface area contributed by atoms with E-state index in [1.807, 2.05) is 6.92 Å². The molecule has 1 atom stereocenters. The number of rotatable bonds is 13. The van der Waals surface area contributed by atoms with E-state index in [9.17, 15) is 18.0 Å². The van der Waals surface area contributed by atoms with E-state index in [1.165, 1.54) is 42.3 Å². The second-order valence-electron chi connectivity index (χ2n) is 9.10. The van der Waals surface area contributed by atoms with Gasteiger partial charge in [0.25, 0.3) is 10.0 Å². The molecule has 0 bridgehead atoms. The van der Waals surface area contributed by atoms with E-state index in [1.54, 1.807) is 43.3 Å². The lowest BCUT2D eigenvalue weighted by Crippen LogP contribution is -2.52. The van der Waals surface area contributed by atoms with Crippen LogP contribution in [0, 0.1) is 0 Å². The zero-order chi connectivity index (χ0) is 30.2. The summed E-state index contributed by atoms with van der Waals surface area (Å²) in [4.78, 5) is 28.5. The summed E-state index contributed by atoms with van der Waals surface area (Å²) in [5.74, 6) is -0.518. The molecular formula is C29H32Cl3N3O5S. The van der Waals surface area contributed by atoms with Crippen molar-refractivity contribution in [2.24, 2.45) is 0 Å². The molecule has 3 aromatic rings. The predicted octanol–water partition coefficient (Wildman–Crippen LogP) is 6.18. The first-order valence-electron chi connectivity index (χ1n) is 13.0. The summed E-state index contributed by atoms with van der Waals surface area (Å²) in [5, 5.41) is 3.75. The summed E-state index contributed by atoms with van der Waals surface area (Å²) >= 11 is 19.1. The molecule has 12 heteroatoms. The van der Waals surface area contributed by atoms with Crippen molar-refractivity contribution in [3.05, 3.63) is 87.4 Å². The van der Waals surface area contributed by atoms with E-state index >= 15 is 0 Å². The Morgan fingerprint density at radius 1 is 0.951 bits per heavy atom. The molecule has 0 saturated heterocycles. The van der Waals surface area contributed by atoms with Crippen molar-refractivity contribution in [2.75, 3.05) is 24.5 Å². The Bertz CT molecular complexity index is 1450. The molecule has 0 saturated carbocycles. The summed E-state index contributed by atoms with van der Waals surface area (Å²) < 4.78 is 34.0. The van der Waals surface area contributed by atoms with Crippen molar-refractivity contribution < 1.29 is 22.7 Å². The molecule has 0 spiro atoms. The lowest BCUT2D eigenvalue weighted by atomic mass is 10.1. The van der Waals surface area contributed by atoms with E-state index in [0.717, 1.165) is 4.31 Å². The zero-order valence-electron chi connectivity index (χ0n) is 22.9. The van der Waals surface area contributed by atoms with E-state index in [0.29, 0.717) is 34.3 Å². The van der Waals surface area contributed by atoms with Gasteiger partial charge in [-0.05, 0) is 67.4 Å². The second kappa shape index (κ2) is 14.8. The minimum Gasteiger partial charge on any atom is -0.497 e. The van der Waals surface area contributed by atoms with Crippen molar-refractivity contribution in [2.45, 2.75) is 44.2 Å². The normalized spacial score (nSPS) is 12.0. The minimum absolute atomic E-state index is 0.0560. The molecule has 2 amide bonds. The van der Waals surface area contributed by atoms with Gasteiger partial charge in [-0.15, -0.1) is 0 Å². The number of ether oxygens (including phenoxy) is 1. The van der Waals surface area contributed by atoms with Crippen molar-refractivity contribution >= 4 is 62.3 Å². The predicted molar refractivity (Wildman–Crippen MR) is 163 cm³/mol. The van der Waals surface area contributed by atoms with Gasteiger partial charge >= 0.3 is 0 Å². The highest BCUT2D eigenvalue weighted by Gasteiger charge is 2.34. The number of anilines is 1. The Balaban J connectivity index is 2.09. The number of sulfonamides is 1. The second-order valence-corrected chi connectivity index (χ2v) is 12.2. The summed E-state index contributed by atoms with van der Waals surface area (Å²) in [6.07, 6.45) is 0.973. The molecule has 1 unspecified atom stereocenters. The monoisotopic (exact) mass is 639 g/mol. The highest BCUT2D eigenvalue weighted by atomic mass is 35.5. The number of nitrogens with zero attached hydrogens (tertiary/aromatic N) is 2. The fraction of sp³-hybridized carbons (Fsp3) is 0.310. The van der Waals surface area contributed by atoms with Crippen LogP contribution in [0.1, 0.15) is 32.3 Å². The molecule has 0 fully saturated rings. The maximum Gasteiger partial charge on any atom is 0.264 e. The minimum atomic E-state index is -4.26. The van der Waals surface area contributed by atoms with Crippen LogP contribution in [0.25, 0.3) is 0 Å². The summed E-state index contributed by atoms with van der Waals surface area (Å²) in [6.45, 7) is 3.38. The van der Waals surface area contributed by atoms with Crippen LogP contribution in [0.5, 0.6) is 5.75 Å². The third-order valence-corrected chi connectivity index (χ3v) is 9.08. The molecule has 0 aliphatic carbocycles. The number of carbonyl (C=O) groups is 2. The Kier molecular flexibility index (Phi) is 11.7. The standard InChI is InChI=1S/C29H32Cl3N3O5S/c1-4-16-33-29(37)27(5-2)34(18-24-25(31)10-7-11-26(24)32)28(36)19-35(21-9-6-8-20(30)17-21)41(38,39)23-14-12-22(40-3)13-15-23/h6-15,17,27H,4-5,16,18-19H2,1-3H3,(H,33,37). The fourth-order valence-corrected chi connectivity index (χ4v) is 6.28. The topological polar surface area (TPSA) is 96.0 Å². The fourth-order valence-electron chi connectivity index (χ4n) is 4.17. The number of benzene rings is 3. The van der Waals surface area contributed by atoms with Gasteiger partial charge in [0, 0.05) is 33.7 Å². The largest absolute Gasteiger partial charge is 0.497 e. The van der Waals surface area contributed by atoms with E-state index in [4.69, 9.17) is 39.5 Å². The van der Waals surface area contributed by atoms with Gasteiger partial charge in [-0.1, -0.05) is 60.8 Å². The van der Waals surface area contributed by atoms with Crippen LogP contribution in [0.3, 0.4) is 0 Å². The zero-order valence-corrected chi connectivity index (χ0v) is 26.0. The van der Waals surface area contributed by atoms with Crippen LogP contribution in [-0.2, 0) is 26.2 Å². The third kappa shape index (κ3) is 8.07. The molecule has 41 heavy (non-hydrogen) atoms. The Morgan fingerprint density at radius 2 is 1.59 bits per heavy atom. The molecule has 0 radical (unpaired) electrons. The van der Waals surface area contributed by atoms with Gasteiger partial charge in [0.15, 0.2) is 0 Å². The Hall–Kier alpha value is -2.98. The maximum atomic E-state index is 14.1. The van der Waals surface area contributed by atoms with E-state index in [2.05, 4.69) is 5.32 Å². The van der Waals surface area contributed by atoms with Crippen molar-refractivity contribution in [1.29, 1.82) is 0 Å². The number of carbonyl (C=O) groups excluding carboxylic acids is 2. The lowest BCUT2D eigenvalue weighted by molar-refractivity contribution is -0.140. The van der Waals surface area contributed by atoms with Gasteiger partial charge in [-0.3, -0.25) is 13.9 Å². The van der Waals surface area contributed by atoms with Gasteiger partial charge < -0.3 is 15.0 Å². The third-order valence-electron chi connectivity index (χ3n) is 6.35. The number of amides is 2. The number of hydrogen-bond donors (Lipinski definition) is 1. The molecule has 0 heterocycles. The van der Waals surface area contributed by atoms with Crippen LogP contribution >= 0.6 is 34.8 Å². The first-order valence-corrected chi connectivity index (χ1v) is 15.5. The molecular weight excluding hydrogens is 609 g/mol. The molecule has 1 N–H and O–H groups in total. The van der Waals surface area contributed by atoms with Gasteiger partial charge in [0.2, 0.25) is 11.8 Å². The summed E-state index contributed by atoms with van der Waals surface area (Å²) in [7, 11) is -2.79. The number of methoxy groups -OCH3 is 1. The van der Waals surface area contributed by atoms with Crippen molar-refractivity contribution in [1.82, 2.24) is 10.2 Å². The smallest absolute Gasteiger partial charge is 0.264 e. The van der Waals surface area contributed by atoms with Crippen molar-refractivity contribution in [3.63, 3.8) is 0 Å². The van der Waals surface area contributed by atoms with Crippen LogP contribution in [-0.4, -0.2) is 51.4 Å². The van der Waals surface area contributed by atoms with Crippen LogP contribution in [0.15, 0.2) is 71.6 Å². The molecule has 220 valence electrons. The van der Waals surface area contributed by atoms with Gasteiger partial charge in [0.1, 0.15) is 18.3 Å². The molecule has 0 aromatic heterocycles. The number of nitrogens with one attached hydrogen (secondary N) is 1. The first kappa shape index (κ1) is 32.5. The number of hydrogen-bond acceptors (Lipinski definition) is 5. The van der Waals surface area contributed by atoms with E-state index in [-0.39, 0.29) is 34.5 Å². The van der Waals surface area contributed by atoms with Gasteiger partial charge in [0.05, 0.1) is 17.7 Å². The van der Waals surface area contributed by atoms with Gasteiger partial charge in [-0.25, -0.2) is 8.42 Å². The lowest BCUT2D eigenvalue weighted by Gasteiger charge is -2.33. The maximum absolute atomic E-state index is 14.1.